The Balaban J connectivity index is 2.68. The number of nitrogens with one attached hydrogen (secondary N) is 3. The highest BCUT2D eigenvalue weighted by Crippen LogP contribution is 2.29. The maximum atomic E-state index is 14.0. The molecule has 16 nitrogen and oxygen atoms in total. The van der Waals surface area contributed by atoms with Gasteiger partial charge in [-0.05, 0) is 70.9 Å². The number of hydrogen-bond acceptors (Lipinski definition) is 13. The summed E-state index contributed by atoms with van der Waals surface area (Å²) in [5, 5.41) is 17.8. The van der Waals surface area contributed by atoms with Gasteiger partial charge in [0.15, 0.2) is 35.9 Å². The molecule has 2 rings (SSSR count). The van der Waals surface area contributed by atoms with E-state index in [4.69, 9.17) is 18.9 Å². The largest absolute Gasteiger partial charge is 0.505 e. The third-order valence-electron chi connectivity index (χ3n) is 8.76. The molecule has 1 aliphatic heterocycles. The Morgan fingerprint density at radius 3 is 2.09 bits per heavy atom. The SMILES string of the molecule is CC[C@H](C)[C@H]1OC(=O)[C@H](C)OC(=O)[C@@H](NC(=O)c2cccc(NC=O)c2O)[C@@H](C)OC(=O)[C@H](CC(C)C)OC(=O)C(C)(C)C(=O)[C@@H](CC(C)C)NC1=O. The predicted molar refractivity (Wildman–Crippen MR) is 189 cm³/mol. The van der Waals surface area contributed by atoms with E-state index in [2.05, 4.69) is 16.0 Å². The summed E-state index contributed by atoms with van der Waals surface area (Å²) in [5.74, 6) is -8.75. The number of carbonyl (C=O) groups excluding carboxylic acids is 8. The summed E-state index contributed by atoms with van der Waals surface area (Å²) in [6.07, 6.45) is -5.50. The lowest BCUT2D eigenvalue weighted by atomic mass is 9.81. The zero-order valence-corrected chi connectivity index (χ0v) is 32.0. The van der Waals surface area contributed by atoms with E-state index in [0.717, 1.165) is 0 Å². The van der Waals surface area contributed by atoms with Gasteiger partial charge in [0.2, 0.25) is 6.41 Å². The second-order valence-electron chi connectivity index (χ2n) is 14.6. The molecule has 4 N–H and O–H groups in total. The maximum absolute atomic E-state index is 14.0. The Hall–Kier alpha value is -5.02. The van der Waals surface area contributed by atoms with Crippen LogP contribution in [0.15, 0.2) is 18.2 Å². The van der Waals surface area contributed by atoms with Crippen molar-refractivity contribution in [2.45, 2.75) is 125 Å². The molecule has 0 saturated carbocycles. The van der Waals surface area contributed by atoms with Gasteiger partial charge >= 0.3 is 23.9 Å². The summed E-state index contributed by atoms with van der Waals surface area (Å²) in [5.41, 5.74) is -2.39. The molecular formula is C37H53N3O13. The number of esters is 4. The fourth-order valence-corrected chi connectivity index (χ4v) is 5.37. The molecule has 0 aromatic heterocycles. The first-order valence-corrected chi connectivity index (χ1v) is 17.7. The lowest BCUT2D eigenvalue weighted by Gasteiger charge is -2.32. The maximum Gasteiger partial charge on any atom is 0.347 e. The van der Waals surface area contributed by atoms with E-state index in [0.29, 0.717) is 6.42 Å². The summed E-state index contributed by atoms with van der Waals surface area (Å²) >= 11 is 0. The molecule has 1 heterocycles. The highest BCUT2D eigenvalue weighted by Gasteiger charge is 2.46. The number of Topliss-reactive ketones (excluding diaryl/α,β-unsaturated/α-hetero) is 1. The highest BCUT2D eigenvalue weighted by molar-refractivity contribution is 6.07. The van der Waals surface area contributed by atoms with Crippen molar-refractivity contribution in [1.82, 2.24) is 10.6 Å². The van der Waals surface area contributed by atoms with E-state index < -0.39 is 95.1 Å². The monoisotopic (exact) mass is 747 g/mol. The van der Waals surface area contributed by atoms with Crippen molar-refractivity contribution in [3.8, 4) is 5.75 Å². The van der Waals surface area contributed by atoms with Crippen LogP contribution in [-0.2, 0) is 52.5 Å². The molecule has 1 aromatic rings. The molecule has 16 heteroatoms. The van der Waals surface area contributed by atoms with E-state index in [1.807, 2.05) is 13.8 Å². The number of benzene rings is 1. The molecule has 0 spiro atoms. The zero-order chi connectivity index (χ0) is 40.4. The molecule has 0 aliphatic carbocycles. The fraction of sp³-hybridized carbons (Fsp3) is 0.622. The minimum Gasteiger partial charge on any atom is -0.505 e. The van der Waals surface area contributed by atoms with E-state index in [1.165, 1.54) is 45.9 Å². The number of cyclic esters (lactones) is 4. The van der Waals surface area contributed by atoms with Gasteiger partial charge in [0.25, 0.3) is 11.8 Å². The van der Waals surface area contributed by atoms with Gasteiger partial charge in [0.1, 0.15) is 11.5 Å². The number of para-hydroxylation sites is 1. The van der Waals surface area contributed by atoms with Crippen molar-refractivity contribution in [3.63, 3.8) is 0 Å². The van der Waals surface area contributed by atoms with Gasteiger partial charge in [0, 0.05) is 5.92 Å². The van der Waals surface area contributed by atoms with Gasteiger partial charge in [-0.1, -0.05) is 47.6 Å². The van der Waals surface area contributed by atoms with Gasteiger partial charge in [-0.3, -0.25) is 24.0 Å². The molecule has 1 fully saturated rings. The Kier molecular flexibility index (Phi) is 16.0. The molecule has 1 saturated heterocycles. The molecule has 3 amide bonds. The summed E-state index contributed by atoms with van der Waals surface area (Å²) in [4.78, 5) is 106. The van der Waals surface area contributed by atoms with E-state index >= 15 is 0 Å². The fourth-order valence-electron chi connectivity index (χ4n) is 5.37. The van der Waals surface area contributed by atoms with Crippen LogP contribution in [0.4, 0.5) is 5.69 Å². The number of phenols is 1. The molecule has 0 bridgehead atoms. The van der Waals surface area contributed by atoms with Crippen molar-refractivity contribution < 1.29 is 62.4 Å². The summed E-state index contributed by atoms with van der Waals surface area (Å²) in [6.45, 7) is 15.5. The lowest BCUT2D eigenvalue weighted by Crippen LogP contribution is -2.55. The number of anilines is 1. The van der Waals surface area contributed by atoms with Gasteiger partial charge < -0.3 is 40.0 Å². The van der Waals surface area contributed by atoms with Crippen molar-refractivity contribution in [2.75, 3.05) is 5.32 Å². The molecule has 1 aromatic carbocycles. The first-order valence-electron chi connectivity index (χ1n) is 17.7. The standard InChI is InChI=1S/C37H53N3O13/c1-11-20(6)29-32(45)39-25(15-18(2)3)30(43)37(9,10)36(49)52-26(16-19(4)5)34(47)50-21(7)27(35(48)51-22(8)33(46)53-29)40-31(44)23-13-12-14-24(28(23)42)38-17-41/h12-14,17-22,25-27,29,42H,11,15-16H2,1-10H3,(H,38,41)(H,39,45)(H,40,44)/t20-,21+,22-,25+,26-,27-,29+/m0/s1. The number of carbonyl (C=O) groups is 8. The molecule has 0 radical (unpaired) electrons. The zero-order valence-electron chi connectivity index (χ0n) is 32.0. The van der Waals surface area contributed by atoms with Crippen LogP contribution in [-0.4, -0.2) is 89.5 Å². The Morgan fingerprint density at radius 2 is 1.53 bits per heavy atom. The lowest BCUT2D eigenvalue weighted by molar-refractivity contribution is -0.183. The second-order valence-corrected chi connectivity index (χ2v) is 14.6. The summed E-state index contributed by atoms with van der Waals surface area (Å²) in [7, 11) is 0. The number of ether oxygens (including phenoxy) is 4. The van der Waals surface area contributed by atoms with E-state index in [-0.39, 0.29) is 42.3 Å². The van der Waals surface area contributed by atoms with Crippen molar-refractivity contribution >= 4 is 53.6 Å². The highest BCUT2D eigenvalue weighted by atomic mass is 16.6. The minimum absolute atomic E-state index is 0.0565. The van der Waals surface area contributed by atoms with Gasteiger partial charge in [0.05, 0.1) is 17.3 Å². The van der Waals surface area contributed by atoms with Crippen LogP contribution in [0.3, 0.4) is 0 Å². The van der Waals surface area contributed by atoms with Gasteiger partial charge in [-0.2, -0.15) is 0 Å². The molecule has 7 atom stereocenters. The Morgan fingerprint density at radius 1 is 0.906 bits per heavy atom. The molecular weight excluding hydrogens is 694 g/mol. The first kappa shape index (κ1) is 44.1. The Bertz CT molecular complexity index is 1540. The molecule has 53 heavy (non-hydrogen) atoms. The summed E-state index contributed by atoms with van der Waals surface area (Å²) in [6, 6.07) is 0.804. The van der Waals surface area contributed by atoms with Crippen LogP contribution in [0.1, 0.15) is 98.9 Å². The minimum atomic E-state index is -1.88. The first-order chi connectivity index (χ1) is 24.7. The van der Waals surface area contributed by atoms with Gasteiger partial charge in [-0.25, -0.2) is 14.4 Å². The number of phenolic OH excluding ortho intramolecular Hbond substituents is 1. The molecule has 1 aliphatic rings. The molecule has 0 unspecified atom stereocenters. The van der Waals surface area contributed by atoms with Crippen LogP contribution in [0.5, 0.6) is 5.75 Å². The average Bonchev–Trinajstić information content (AvgIpc) is 3.07. The summed E-state index contributed by atoms with van der Waals surface area (Å²) < 4.78 is 22.1. The van der Waals surface area contributed by atoms with E-state index in [9.17, 15) is 43.5 Å². The Labute approximate surface area is 309 Å². The topological polar surface area (TPSA) is 230 Å². The van der Waals surface area contributed by atoms with Crippen LogP contribution < -0.4 is 16.0 Å². The van der Waals surface area contributed by atoms with Crippen LogP contribution >= 0.6 is 0 Å². The smallest absolute Gasteiger partial charge is 0.347 e. The molecule has 294 valence electrons. The average molecular weight is 748 g/mol. The number of rotatable bonds is 10. The number of amides is 3. The van der Waals surface area contributed by atoms with Crippen LogP contribution in [0, 0.1) is 23.2 Å². The van der Waals surface area contributed by atoms with Gasteiger partial charge in [-0.15, -0.1) is 0 Å². The van der Waals surface area contributed by atoms with Crippen LogP contribution in [0.25, 0.3) is 0 Å². The normalized spacial score (nSPS) is 25.5. The van der Waals surface area contributed by atoms with Crippen molar-refractivity contribution in [1.29, 1.82) is 0 Å². The number of ketones is 1. The van der Waals surface area contributed by atoms with Crippen LogP contribution in [0.2, 0.25) is 0 Å². The second kappa shape index (κ2) is 19.2. The quantitative estimate of drug-likeness (QED) is 0.0888. The number of hydrogen-bond donors (Lipinski definition) is 4. The van der Waals surface area contributed by atoms with Crippen molar-refractivity contribution in [2.24, 2.45) is 23.2 Å². The van der Waals surface area contributed by atoms with Crippen molar-refractivity contribution in [3.05, 3.63) is 23.8 Å². The number of aromatic hydroxyl groups is 1. The predicted octanol–water partition coefficient (Wildman–Crippen LogP) is 2.98. The third kappa shape index (κ3) is 11.7. The van der Waals surface area contributed by atoms with E-state index in [1.54, 1.807) is 27.7 Å². The third-order valence-corrected chi connectivity index (χ3v) is 8.76.